The highest BCUT2D eigenvalue weighted by Crippen LogP contribution is 2.26. The van der Waals surface area contributed by atoms with Gasteiger partial charge in [-0.15, -0.1) is 11.8 Å². The summed E-state index contributed by atoms with van der Waals surface area (Å²) in [4.78, 5) is 29.2. The van der Waals surface area contributed by atoms with Crippen LogP contribution in [0.3, 0.4) is 0 Å². The summed E-state index contributed by atoms with van der Waals surface area (Å²) < 4.78 is 28.9. The van der Waals surface area contributed by atoms with Gasteiger partial charge in [-0.3, -0.25) is 13.9 Å². The van der Waals surface area contributed by atoms with Crippen molar-refractivity contribution in [3.05, 3.63) is 88.9 Å². The Kier molecular flexibility index (Phi) is 10.5. The van der Waals surface area contributed by atoms with Crippen molar-refractivity contribution in [3.8, 4) is 0 Å². The molecule has 0 aliphatic heterocycles. The summed E-state index contributed by atoms with van der Waals surface area (Å²) >= 11 is 7.54. The third kappa shape index (κ3) is 8.00. The molecule has 1 atom stereocenters. The van der Waals surface area contributed by atoms with E-state index in [2.05, 4.69) is 5.32 Å². The van der Waals surface area contributed by atoms with Gasteiger partial charge in [-0.25, -0.2) is 8.42 Å². The van der Waals surface area contributed by atoms with Gasteiger partial charge in [0.15, 0.2) is 0 Å². The number of sulfonamides is 1. The minimum absolute atomic E-state index is 0.0727. The molecule has 10 heteroatoms. The maximum atomic E-state index is 13.9. The average molecular weight is 588 g/mol. The lowest BCUT2D eigenvalue weighted by molar-refractivity contribution is -0.139. The van der Waals surface area contributed by atoms with Gasteiger partial charge < -0.3 is 10.2 Å². The Morgan fingerprint density at radius 2 is 1.51 bits per heavy atom. The molecule has 0 aliphatic rings. The number of hydrogen-bond donors (Lipinski definition) is 1. The zero-order valence-electron chi connectivity index (χ0n) is 22.7. The topological polar surface area (TPSA) is 86.8 Å². The standard InChI is InChI=1S/C29H34ClN3O4S2/c1-20(2)31-29(35)22(4)32(18-23-8-10-24(30)11-9-23)28(34)19-33(25-12-6-21(3)7-13-25)39(36,37)27-16-14-26(38-5)15-17-27/h6-17,20,22H,18-19H2,1-5H3,(H,31,35). The number of benzene rings is 3. The number of halogens is 1. The molecule has 0 saturated heterocycles. The molecule has 0 heterocycles. The first-order valence-corrected chi connectivity index (χ1v) is 15.5. The van der Waals surface area contributed by atoms with Crippen molar-refractivity contribution >= 4 is 50.9 Å². The SMILES string of the molecule is CSc1ccc(S(=O)(=O)N(CC(=O)N(Cc2ccc(Cl)cc2)C(C)C(=O)NC(C)C)c2ccc(C)cc2)cc1. The van der Waals surface area contributed by atoms with Gasteiger partial charge in [0, 0.05) is 22.5 Å². The number of carbonyl (C=O) groups excluding carboxylic acids is 2. The van der Waals surface area contributed by atoms with Crippen LogP contribution in [0.4, 0.5) is 5.69 Å². The number of hydrogen-bond acceptors (Lipinski definition) is 5. The van der Waals surface area contributed by atoms with Gasteiger partial charge in [0.2, 0.25) is 11.8 Å². The molecule has 208 valence electrons. The lowest BCUT2D eigenvalue weighted by Gasteiger charge is -2.32. The summed E-state index contributed by atoms with van der Waals surface area (Å²) in [5, 5.41) is 3.39. The van der Waals surface area contributed by atoms with Crippen LogP contribution in [0.2, 0.25) is 5.02 Å². The van der Waals surface area contributed by atoms with Crippen LogP contribution in [-0.2, 0) is 26.2 Å². The molecule has 0 saturated carbocycles. The zero-order valence-corrected chi connectivity index (χ0v) is 25.1. The van der Waals surface area contributed by atoms with E-state index in [1.165, 1.54) is 28.8 Å². The van der Waals surface area contributed by atoms with Crippen LogP contribution < -0.4 is 9.62 Å². The maximum absolute atomic E-state index is 13.9. The first-order chi connectivity index (χ1) is 18.4. The van der Waals surface area contributed by atoms with E-state index in [1.807, 2.05) is 27.0 Å². The fourth-order valence-corrected chi connectivity index (χ4v) is 5.84. The van der Waals surface area contributed by atoms with Crippen molar-refractivity contribution in [1.29, 1.82) is 0 Å². The van der Waals surface area contributed by atoms with E-state index >= 15 is 0 Å². The molecule has 3 rings (SSSR count). The van der Waals surface area contributed by atoms with Crippen LogP contribution in [-0.4, -0.2) is 50.0 Å². The molecular weight excluding hydrogens is 554 g/mol. The second-order valence-electron chi connectivity index (χ2n) is 9.51. The number of rotatable bonds is 11. The molecule has 1 N–H and O–H groups in total. The monoisotopic (exact) mass is 587 g/mol. The van der Waals surface area contributed by atoms with Crippen molar-refractivity contribution in [2.75, 3.05) is 17.1 Å². The number of nitrogens with zero attached hydrogens (tertiary/aromatic N) is 2. The lowest BCUT2D eigenvalue weighted by atomic mass is 10.1. The molecule has 0 aliphatic carbocycles. The number of carbonyl (C=O) groups is 2. The fraction of sp³-hybridized carbons (Fsp3) is 0.310. The van der Waals surface area contributed by atoms with Gasteiger partial charge in [0.05, 0.1) is 10.6 Å². The summed E-state index contributed by atoms with van der Waals surface area (Å²) in [6.07, 6.45) is 1.91. The summed E-state index contributed by atoms with van der Waals surface area (Å²) in [6.45, 7) is 6.83. The van der Waals surface area contributed by atoms with Crippen LogP contribution in [0.1, 0.15) is 31.9 Å². The Hall–Kier alpha value is -3.01. The molecule has 3 aromatic rings. The van der Waals surface area contributed by atoms with Crippen molar-refractivity contribution in [2.45, 2.75) is 56.1 Å². The molecule has 0 radical (unpaired) electrons. The van der Waals surface area contributed by atoms with Crippen molar-refractivity contribution in [1.82, 2.24) is 10.2 Å². The minimum Gasteiger partial charge on any atom is -0.352 e. The molecule has 2 amide bonds. The molecule has 0 aromatic heterocycles. The molecule has 0 spiro atoms. The Morgan fingerprint density at radius 1 is 0.923 bits per heavy atom. The Morgan fingerprint density at radius 3 is 2.05 bits per heavy atom. The number of anilines is 1. The molecule has 0 fully saturated rings. The van der Waals surface area contributed by atoms with Gasteiger partial charge in [-0.2, -0.15) is 0 Å². The number of thioether (sulfide) groups is 1. The smallest absolute Gasteiger partial charge is 0.264 e. The molecular formula is C29H34ClN3O4S2. The Labute approximate surface area is 240 Å². The van der Waals surface area contributed by atoms with E-state index in [9.17, 15) is 18.0 Å². The Bertz CT molecular complexity index is 1380. The van der Waals surface area contributed by atoms with E-state index < -0.39 is 28.5 Å². The predicted octanol–water partition coefficient (Wildman–Crippen LogP) is 5.51. The number of aryl methyl sites for hydroxylation is 1. The van der Waals surface area contributed by atoms with E-state index in [4.69, 9.17) is 11.6 Å². The first-order valence-electron chi connectivity index (χ1n) is 12.5. The van der Waals surface area contributed by atoms with E-state index in [0.29, 0.717) is 10.7 Å². The average Bonchev–Trinajstić information content (AvgIpc) is 2.91. The van der Waals surface area contributed by atoms with Crippen molar-refractivity contribution in [3.63, 3.8) is 0 Å². The van der Waals surface area contributed by atoms with E-state index in [-0.39, 0.29) is 23.4 Å². The Balaban J connectivity index is 2.02. The van der Waals surface area contributed by atoms with Gasteiger partial charge in [-0.1, -0.05) is 41.4 Å². The van der Waals surface area contributed by atoms with Crippen molar-refractivity contribution in [2.24, 2.45) is 0 Å². The molecule has 0 bridgehead atoms. The second kappa shape index (κ2) is 13.4. The first kappa shape index (κ1) is 30.5. The zero-order chi connectivity index (χ0) is 28.7. The molecule has 1 unspecified atom stereocenters. The summed E-state index contributed by atoms with van der Waals surface area (Å²) in [5.41, 5.74) is 2.07. The van der Waals surface area contributed by atoms with Gasteiger partial charge in [-0.05, 0) is 88.0 Å². The summed E-state index contributed by atoms with van der Waals surface area (Å²) in [6, 6.07) is 19.5. The summed E-state index contributed by atoms with van der Waals surface area (Å²) in [5.74, 6) is -0.842. The van der Waals surface area contributed by atoms with Gasteiger partial charge in [0.25, 0.3) is 10.0 Å². The van der Waals surface area contributed by atoms with Crippen LogP contribution in [0.5, 0.6) is 0 Å². The molecule has 3 aromatic carbocycles. The van der Waals surface area contributed by atoms with Crippen LogP contribution >= 0.6 is 23.4 Å². The maximum Gasteiger partial charge on any atom is 0.264 e. The number of nitrogens with one attached hydrogen (secondary N) is 1. The minimum atomic E-state index is -4.11. The van der Waals surface area contributed by atoms with Crippen molar-refractivity contribution < 1.29 is 18.0 Å². The normalized spacial score (nSPS) is 12.2. The quantitative estimate of drug-likeness (QED) is 0.299. The molecule has 7 nitrogen and oxygen atoms in total. The lowest BCUT2D eigenvalue weighted by Crippen LogP contribution is -2.52. The predicted molar refractivity (Wildman–Crippen MR) is 159 cm³/mol. The van der Waals surface area contributed by atoms with Crippen LogP contribution in [0.25, 0.3) is 0 Å². The summed E-state index contributed by atoms with van der Waals surface area (Å²) in [7, 11) is -4.11. The largest absolute Gasteiger partial charge is 0.352 e. The fourth-order valence-electron chi connectivity index (χ4n) is 3.89. The highest BCUT2D eigenvalue weighted by atomic mass is 35.5. The van der Waals surface area contributed by atoms with Gasteiger partial charge in [0.1, 0.15) is 12.6 Å². The third-order valence-corrected chi connectivity index (χ3v) is 8.90. The molecule has 39 heavy (non-hydrogen) atoms. The highest BCUT2D eigenvalue weighted by molar-refractivity contribution is 7.98. The van der Waals surface area contributed by atoms with Gasteiger partial charge >= 0.3 is 0 Å². The van der Waals surface area contributed by atoms with E-state index in [0.717, 1.165) is 20.3 Å². The number of amides is 2. The van der Waals surface area contributed by atoms with Crippen LogP contribution in [0, 0.1) is 6.92 Å². The van der Waals surface area contributed by atoms with Crippen LogP contribution in [0.15, 0.2) is 82.6 Å². The highest BCUT2D eigenvalue weighted by Gasteiger charge is 2.32. The second-order valence-corrected chi connectivity index (χ2v) is 12.7. The third-order valence-electron chi connectivity index (χ3n) is 6.11. The van der Waals surface area contributed by atoms with E-state index in [1.54, 1.807) is 67.6 Å².